The van der Waals surface area contributed by atoms with Crippen molar-refractivity contribution in [1.29, 1.82) is 0 Å². The minimum Gasteiger partial charge on any atom is -0.447 e. The second kappa shape index (κ2) is 3.11. The number of carbonyl (C=O) groups excluding carboxylic acids is 1. The molecule has 1 saturated heterocycles. The van der Waals surface area contributed by atoms with Crippen LogP contribution in [0.15, 0.2) is 0 Å². The topological polar surface area (TPSA) is 38.3 Å². The summed E-state index contributed by atoms with van der Waals surface area (Å²) in [6.07, 6.45) is 6.20. The molecule has 1 aliphatic rings. The summed E-state index contributed by atoms with van der Waals surface area (Å²) >= 11 is 0. The average Bonchev–Trinajstić information content (AvgIpc) is 2.31. The monoisotopic (exact) mass is 139 g/mol. The highest BCUT2D eigenvalue weighted by molar-refractivity contribution is 5.69. The third-order valence-electron chi connectivity index (χ3n) is 1.37. The highest BCUT2D eigenvalue weighted by atomic mass is 16.6. The Morgan fingerprint density at radius 1 is 1.90 bits per heavy atom. The molecule has 0 bridgehead atoms. The van der Waals surface area contributed by atoms with Gasteiger partial charge in [-0.3, -0.25) is 0 Å². The lowest BCUT2D eigenvalue weighted by atomic mass is 10.2. The molecule has 0 aromatic carbocycles. The van der Waals surface area contributed by atoms with Crippen LogP contribution in [0.2, 0.25) is 0 Å². The summed E-state index contributed by atoms with van der Waals surface area (Å²) in [5.41, 5.74) is 0. The SMILES string of the molecule is C#CCCC1COC(=O)N1. The lowest BCUT2D eigenvalue weighted by molar-refractivity contribution is 0.176. The van der Waals surface area contributed by atoms with Gasteiger partial charge in [-0.05, 0) is 6.42 Å². The van der Waals surface area contributed by atoms with E-state index < -0.39 is 0 Å². The summed E-state index contributed by atoms with van der Waals surface area (Å²) in [5.74, 6) is 2.50. The Hall–Kier alpha value is -1.17. The van der Waals surface area contributed by atoms with Gasteiger partial charge in [-0.15, -0.1) is 12.3 Å². The van der Waals surface area contributed by atoms with Gasteiger partial charge >= 0.3 is 6.09 Å². The fourth-order valence-electron chi connectivity index (χ4n) is 0.839. The standard InChI is InChI=1S/C7H9NO2/c1-2-3-4-6-5-10-7(9)8-6/h1,6H,3-5H2,(H,8,9). The Kier molecular flexibility index (Phi) is 2.16. The number of terminal acetylenes is 1. The maximum absolute atomic E-state index is 10.4. The molecule has 10 heavy (non-hydrogen) atoms. The molecule has 1 amide bonds. The first-order chi connectivity index (χ1) is 4.83. The number of alkyl carbamates (subject to hydrolysis) is 1. The summed E-state index contributed by atoms with van der Waals surface area (Å²) in [7, 11) is 0. The third kappa shape index (κ3) is 1.66. The lowest BCUT2D eigenvalue weighted by Gasteiger charge is -2.01. The molecule has 3 heteroatoms. The molecule has 0 radical (unpaired) electrons. The van der Waals surface area contributed by atoms with Gasteiger partial charge in [-0.1, -0.05) is 0 Å². The third-order valence-corrected chi connectivity index (χ3v) is 1.37. The minimum absolute atomic E-state index is 0.128. The Labute approximate surface area is 59.7 Å². The Morgan fingerprint density at radius 2 is 2.70 bits per heavy atom. The van der Waals surface area contributed by atoms with E-state index in [1.807, 2.05) is 0 Å². The number of rotatable bonds is 2. The maximum Gasteiger partial charge on any atom is 0.407 e. The van der Waals surface area contributed by atoms with Crippen LogP contribution in [0.4, 0.5) is 4.79 Å². The molecule has 1 heterocycles. The van der Waals surface area contributed by atoms with Gasteiger partial charge in [-0.2, -0.15) is 0 Å². The zero-order chi connectivity index (χ0) is 7.40. The minimum atomic E-state index is -0.331. The van der Waals surface area contributed by atoms with Crippen LogP contribution in [0, 0.1) is 12.3 Å². The summed E-state index contributed by atoms with van der Waals surface area (Å²) < 4.78 is 4.64. The van der Waals surface area contributed by atoms with E-state index in [9.17, 15) is 4.79 Å². The fourth-order valence-corrected chi connectivity index (χ4v) is 0.839. The Balaban J connectivity index is 2.20. The van der Waals surface area contributed by atoms with E-state index in [0.717, 1.165) is 6.42 Å². The predicted octanol–water partition coefficient (Wildman–Crippen LogP) is 0.508. The molecule has 1 N–H and O–H groups in total. The van der Waals surface area contributed by atoms with Crippen molar-refractivity contribution in [3.63, 3.8) is 0 Å². The van der Waals surface area contributed by atoms with Crippen molar-refractivity contribution in [2.24, 2.45) is 0 Å². The van der Waals surface area contributed by atoms with Crippen LogP contribution < -0.4 is 5.32 Å². The predicted molar refractivity (Wildman–Crippen MR) is 36.3 cm³/mol. The van der Waals surface area contributed by atoms with E-state index in [-0.39, 0.29) is 12.1 Å². The van der Waals surface area contributed by atoms with Crippen LogP contribution >= 0.6 is 0 Å². The van der Waals surface area contributed by atoms with Crippen LogP contribution in [-0.2, 0) is 4.74 Å². The second-order valence-electron chi connectivity index (χ2n) is 2.18. The largest absolute Gasteiger partial charge is 0.447 e. The van der Waals surface area contributed by atoms with Gasteiger partial charge in [0, 0.05) is 6.42 Å². The molecule has 1 fully saturated rings. The van der Waals surface area contributed by atoms with E-state index >= 15 is 0 Å². The first kappa shape index (κ1) is 6.94. The zero-order valence-corrected chi connectivity index (χ0v) is 5.59. The van der Waals surface area contributed by atoms with Crippen LogP contribution in [0.3, 0.4) is 0 Å². The number of cyclic esters (lactones) is 1. The number of carbonyl (C=O) groups is 1. The molecule has 0 saturated carbocycles. The molecule has 0 spiro atoms. The first-order valence-corrected chi connectivity index (χ1v) is 3.19. The number of ether oxygens (including phenoxy) is 1. The summed E-state index contributed by atoms with van der Waals surface area (Å²) in [4.78, 5) is 10.4. The van der Waals surface area contributed by atoms with E-state index in [0.29, 0.717) is 13.0 Å². The summed E-state index contributed by atoms with van der Waals surface area (Å²) in [6.45, 7) is 0.459. The van der Waals surface area contributed by atoms with E-state index in [4.69, 9.17) is 6.42 Å². The van der Waals surface area contributed by atoms with Crippen molar-refractivity contribution in [1.82, 2.24) is 5.32 Å². The van der Waals surface area contributed by atoms with Gasteiger partial charge in [0.2, 0.25) is 0 Å². The van der Waals surface area contributed by atoms with E-state index in [1.54, 1.807) is 0 Å². The number of hydrogen-bond acceptors (Lipinski definition) is 2. The van der Waals surface area contributed by atoms with Crippen LogP contribution in [0.25, 0.3) is 0 Å². The molecule has 0 aromatic rings. The Morgan fingerprint density at radius 3 is 3.20 bits per heavy atom. The Bertz CT molecular complexity index is 171. The first-order valence-electron chi connectivity index (χ1n) is 3.19. The molecule has 54 valence electrons. The van der Waals surface area contributed by atoms with Crippen molar-refractivity contribution >= 4 is 6.09 Å². The van der Waals surface area contributed by atoms with Crippen LogP contribution in [0.1, 0.15) is 12.8 Å². The van der Waals surface area contributed by atoms with Crippen molar-refractivity contribution in [3.8, 4) is 12.3 Å². The summed E-state index contributed by atoms with van der Waals surface area (Å²) in [6, 6.07) is 0.128. The molecular weight excluding hydrogens is 130 g/mol. The van der Waals surface area contributed by atoms with Gasteiger partial charge in [-0.25, -0.2) is 4.79 Å². The summed E-state index contributed by atoms with van der Waals surface area (Å²) in [5, 5.41) is 2.63. The highest BCUT2D eigenvalue weighted by Crippen LogP contribution is 2.03. The normalized spacial score (nSPS) is 23.1. The van der Waals surface area contributed by atoms with Gasteiger partial charge < -0.3 is 10.1 Å². The molecule has 3 nitrogen and oxygen atoms in total. The lowest BCUT2D eigenvalue weighted by Crippen LogP contribution is -2.25. The van der Waals surface area contributed by atoms with Crippen LogP contribution in [-0.4, -0.2) is 18.7 Å². The molecule has 0 aromatic heterocycles. The fraction of sp³-hybridized carbons (Fsp3) is 0.571. The van der Waals surface area contributed by atoms with Crippen molar-refractivity contribution in [3.05, 3.63) is 0 Å². The number of amides is 1. The molecule has 1 unspecified atom stereocenters. The van der Waals surface area contributed by atoms with E-state index in [1.165, 1.54) is 0 Å². The van der Waals surface area contributed by atoms with Crippen molar-refractivity contribution < 1.29 is 9.53 Å². The highest BCUT2D eigenvalue weighted by Gasteiger charge is 2.20. The van der Waals surface area contributed by atoms with Crippen LogP contribution in [0.5, 0.6) is 0 Å². The number of nitrogens with one attached hydrogen (secondary N) is 1. The molecule has 1 rings (SSSR count). The molecule has 0 aliphatic carbocycles. The van der Waals surface area contributed by atoms with Gasteiger partial charge in [0.25, 0.3) is 0 Å². The van der Waals surface area contributed by atoms with Gasteiger partial charge in [0.05, 0.1) is 6.04 Å². The van der Waals surface area contributed by atoms with Gasteiger partial charge in [0.15, 0.2) is 0 Å². The van der Waals surface area contributed by atoms with Crippen molar-refractivity contribution in [2.75, 3.05) is 6.61 Å². The molecular formula is C7H9NO2. The van der Waals surface area contributed by atoms with Gasteiger partial charge in [0.1, 0.15) is 6.61 Å². The smallest absolute Gasteiger partial charge is 0.407 e. The number of hydrogen-bond donors (Lipinski definition) is 1. The quantitative estimate of drug-likeness (QED) is 0.566. The second-order valence-corrected chi connectivity index (χ2v) is 2.18. The average molecular weight is 139 g/mol. The van der Waals surface area contributed by atoms with Crippen molar-refractivity contribution in [2.45, 2.75) is 18.9 Å². The maximum atomic E-state index is 10.4. The zero-order valence-electron chi connectivity index (χ0n) is 5.59. The molecule has 1 aliphatic heterocycles. The molecule has 1 atom stereocenters. The van der Waals surface area contributed by atoms with E-state index in [2.05, 4.69) is 16.0 Å².